The second kappa shape index (κ2) is 10.8. The second-order valence-corrected chi connectivity index (χ2v) is 11.6. The number of thioether (sulfide) groups is 1. The smallest absolute Gasteiger partial charge is 0.248 e. The number of rotatable bonds is 9. The van der Waals surface area contributed by atoms with E-state index in [1.807, 2.05) is 6.26 Å². The van der Waals surface area contributed by atoms with E-state index in [0.29, 0.717) is 9.82 Å². The Morgan fingerprint density at radius 1 is 1.19 bits per heavy atom. The summed E-state index contributed by atoms with van der Waals surface area (Å²) in [7, 11) is -3.45. The first kappa shape index (κ1) is 24.0. The Hall–Kier alpha value is -1.61. The lowest BCUT2D eigenvalue weighted by Gasteiger charge is -2.05. The van der Waals surface area contributed by atoms with Crippen molar-refractivity contribution < 1.29 is 13.2 Å². The Kier molecular flexibility index (Phi) is 8.38. The first-order chi connectivity index (χ1) is 14.8. The Labute approximate surface area is 196 Å². The summed E-state index contributed by atoms with van der Waals surface area (Å²) in [5.41, 5.74) is 2.32. The van der Waals surface area contributed by atoms with Gasteiger partial charge in [0, 0.05) is 23.7 Å². The Morgan fingerprint density at radius 3 is 2.61 bits per heavy atom. The monoisotopic (exact) mass is 496 g/mol. The molecule has 9 heteroatoms. The van der Waals surface area contributed by atoms with Crippen molar-refractivity contribution in [2.24, 2.45) is 4.99 Å². The molecule has 1 heterocycles. The van der Waals surface area contributed by atoms with Gasteiger partial charge >= 0.3 is 0 Å². The number of halogens is 1. The van der Waals surface area contributed by atoms with Gasteiger partial charge in [-0.05, 0) is 61.1 Å². The van der Waals surface area contributed by atoms with E-state index in [0.717, 1.165) is 28.9 Å². The lowest BCUT2D eigenvalue weighted by atomic mass is 10.2. The van der Waals surface area contributed by atoms with Crippen LogP contribution in [0.3, 0.4) is 0 Å². The van der Waals surface area contributed by atoms with E-state index in [1.54, 1.807) is 23.9 Å². The lowest BCUT2D eigenvalue weighted by Crippen LogP contribution is -2.18. The fraction of sp³-hybridized carbons (Fsp3) is 0.364. The van der Waals surface area contributed by atoms with Crippen LogP contribution in [0.4, 0.5) is 0 Å². The molecule has 0 saturated carbocycles. The van der Waals surface area contributed by atoms with E-state index in [9.17, 15) is 13.2 Å². The van der Waals surface area contributed by atoms with Crippen molar-refractivity contribution in [3.05, 3.63) is 57.9 Å². The molecule has 3 rings (SSSR count). The summed E-state index contributed by atoms with van der Waals surface area (Å²) in [4.78, 5) is 17.7. The number of hydrogen-bond donors (Lipinski definition) is 0. The number of nitrogens with zero attached hydrogens (tertiary/aromatic N) is 2. The van der Waals surface area contributed by atoms with E-state index in [-0.39, 0.29) is 29.4 Å². The van der Waals surface area contributed by atoms with Gasteiger partial charge in [-0.15, -0.1) is 0 Å². The van der Waals surface area contributed by atoms with Gasteiger partial charge in [0.05, 0.1) is 20.9 Å². The zero-order valence-corrected chi connectivity index (χ0v) is 20.7. The molecule has 1 amide bonds. The maximum absolute atomic E-state index is 12.5. The highest BCUT2D eigenvalue weighted by atomic mass is 35.5. The summed E-state index contributed by atoms with van der Waals surface area (Å²) in [6.07, 6.45) is 3.31. The SMILES string of the molecule is CCc1ccc2c(c1)sc(=NC(=O)CCCS(=O)(=O)c1ccc(Cl)cc1)n2CCSC. The normalized spacial score (nSPS) is 12.5. The molecule has 0 radical (unpaired) electrons. The van der Waals surface area contributed by atoms with Crippen molar-refractivity contribution >= 4 is 60.7 Å². The van der Waals surface area contributed by atoms with Crippen LogP contribution in [-0.2, 0) is 27.6 Å². The third-order valence-electron chi connectivity index (χ3n) is 4.87. The third-order valence-corrected chi connectivity index (χ3v) is 8.57. The van der Waals surface area contributed by atoms with Crippen LogP contribution in [0, 0.1) is 0 Å². The van der Waals surface area contributed by atoms with Gasteiger partial charge in [-0.3, -0.25) is 4.79 Å². The van der Waals surface area contributed by atoms with Gasteiger partial charge in [-0.1, -0.05) is 35.9 Å². The lowest BCUT2D eigenvalue weighted by molar-refractivity contribution is -0.118. The molecular weight excluding hydrogens is 472 g/mol. The van der Waals surface area contributed by atoms with Crippen molar-refractivity contribution in [3.8, 4) is 0 Å². The molecule has 166 valence electrons. The third kappa shape index (κ3) is 6.22. The van der Waals surface area contributed by atoms with Crippen LogP contribution < -0.4 is 4.80 Å². The zero-order chi connectivity index (χ0) is 22.4. The molecule has 0 fully saturated rings. The minimum absolute atomic E-state index is 0.0871. The molecular formula is C22H25ClN2O3S3. The molecule has 0 bridgehead atoms. The zero-order valence-electron chi connectivity index (χ0n) is 17.5. The Bertz CT molecular complexity index is 1230. The van der Waals surface area contributed by atoms with E-state index < -0.39 is 9.84 Å². The average Bonchev–Trinajstić information content (AvgIpc) is 3.08. The number of carbonyl (C=O) groups excluding carboxylic acids is 1. The largest absolute Gasteiger partial charge is 0.316 e. The van der Waals surface area contributed by atoms with Gasteiger partial charge in [0.1, 0.15) is 0 Å². The minimum atomic E-state index is -3.45. The van der Waals surface area contributed by atoms with Crippen LogP contribution >= 0.6 is 34.7 Å². The van der Waals surface area contributed by atoms with Gasteiger partial charge in [-0.25, -0.2) is 8.42 Å². The second-order valence-electron chi connectivity index (χ2n) is 7.07. The Balaban J connectivity index is 1.76. The van der Waals surface area contributed by atoms with Gasteiger partial charge in [0.2, 0.25) is 5.91 Å². The molecule has 5 nitrogen and oxygen atoms in total. The van der Waals surface area contributed by atoms with Gasteiger partial charge in [-0.2, -0.15) is 16.8 Å². The van der Waals surface area contributed by atoms with E-state index in [1.165, 1.54) is 29.0 Å². The molecule has 3 aromatic rings. The number of fused-ring (bicyclic) bond motifs is 1. The highest BCUT2D eigenvalue weighted by molar-refractivity contribution is 7.98. The fourth-order valence-corrected chi connectivity index (χ4v) is 6.10. The van der Waals surface area contributed by atoms with E-state index in [4.69, 9.17) is 11.6 Å². The predicted octanol–water partition coefficient (Wildman–Crippen LogP) is 4.96. The van der Waals surface area contributed by atoms with Crippen molar-refractivity contribution in [2.75, 3.05) is 17.8 Å². The number of aryl methyl sites for hydroxylation is 2. The topological polar surface area (TPSA) is 68.5 Å². The number of carbonyl (C=O) groups is 1. The van der Waals surface area contributed by atoms with Crippen molar-refractivity contribution in [1.82, 2.24) is 4.57 Å². The molecule has 0 aliphatic rings. The number of aromatic nitrogens is 1. The number of amides is 1. The molecule has 2 aromatic carbocycles. The van der Waals surface area contributed by atoms with Crippen LogP contribution in [0.1, 0.15) is 25.3 Å². The summed E-state index contributed by atoms with van der Waals surface area (Å²) >= 11 is 9.07. The van der Waals surface area contributed by atoms with Gasteiger partial charge in [0.15, 0.2) is 14.6 Å². The van der Waals surface area contributed by atoms with Crippen LogP contribution in [0.2, 0.25) is 5.02 Å². The molecule has 0 saturated heterocycles. The molecule has 0 N–H and O–H groups in total. The van der Waals surface area contributed by atoms with Crippen LogP contribution in [0.5, 0.6) is 0 Å². The maximum atomic E-state index is 12.5. The number of hydrogen-bond acceptors (Lipinski definition) is 5. The standard InChI is InChI=1S/C22H25ClN2O3S3/c1-3-16-6-11-19-20(15-16)30-22(25(19)12-13-29-2)24-21(26)5-4-14-31(27,28)18-9-7-17(23)8-10-18/h6-11,15H,3-5,12-14H2,1-2H3. The number of thiazole rings is 1. The van der Waals surface area contributed by atoms with Crippen LogP contribution in [-0.4, -0.2) is 36.7 Å². The highest BCUT2D eigenvalue weighted by Crippen LogP contribution is 2.20. The maximum Gasteiger partial charge on any atom is 0.248 e. The first-order valence-corrected chi connectivity index (χ1v) is 14.2. The molecule has 0 atom stereocenters. The average molecular weight is 497 g/mol. The van der Waals surface area contributed by atoms with Crippen LogP contribution in [0.15, 0.2) is 52.4 Å². The Morgan fingerprint density at radius 2 is 1.94 bits per heavy atom. The summed E-state index contributed by atoms with van der Waals surface area (Å²) < 4.78 is 28.1. The van der Waals surface area contributed by atoms with Crippen LogP contribution in [0.25, 0.3) is 10.2 Å². The minimum Gasteiger partial charge on any atom is -0.316 e. The summed E-state index contributed by atoms with van der Waals surface area (Å²) in [6.45, 7) is 2.88. The highest BCUT2D eigenvalue weighted by Gasteiger charge is 2.15. The fourth-order valence-electron chi connectivity index (χ4n) is 3.16. The molecule has 0 aliphatic carbocycles. The molecule has 1 aromatic heterocycles. The van der Waals surface area contributed by atoms with E-state index in [2.05, 4.69) is 34.7 Å². The first-order valence-electron chi connectivity index (χ1n) is 10.0. The predicted molar refractivity (Wildman–Crippen MR) is 131 cm³/mol. The van der Waals surface area contributed by atoms with Gasteiger partial charge in [0.25, 0.3) is 0 Å². The molecule has 0 unspecified atom stereocenters. The number of benzene rings is 2. The summed E-state index contributed by atoms with van der Waals surface area (Å²) in [6, 6.07) is 12.4. The van der Waals surface area contributed by atoms with Crippen molar-refractivity contribution in [1.29, 1.82) is 0 Å². The van der Waals surface area contributed by atoms with Crippen molar-refractivity contribution in [3.63, 3.8) is 0 Å². The van der Waals surface area contributed by atoms with E-state index >= 15 is 0 Å². The molecule has 0 aliphatic heterocycles. The summed E-state index contributed by atoms with van der Waals surface area (Å²) in [5, 5.41) is 0.483. The quantitative estimate of drug-likeness (QED) is 0.419. The number of sulfone groups is 1. The van der Waals surface area contributed by atoms with Crippen molar-refractivity contribution in [2.45, 2.75) is 37.6 Å². The summed E-state index contributed by atoms with van der Waals surface area (Å²) in [5.74, 6) is 0.517. The van der Waals surface area contributed by atoms with Gasteiger partial charge < -0.3 is 4.57 Å². The molecule has 0 spiro atoms. The molecule has 31 heavy (non-hydrogen) atoms.